The van der Waals surface area contributed by atoms with Crippen LogP contribution in [-0.4, -0.2) is 5.11 Å². The molecule has 0 bridgehead atoms. The predicted octanol–water partition coefficient (Wildman–Crippen LogP) is 3.99. The van der Waals surface area contributed by atoms with E-state index in [0.29, 0.717) is 21.9 Å². The van der Waals surface area contributed by atoms with Crippen LogP contribution in [0.2, 0.25) is 0 Å². The third-order valence-corrected chi connectivity index (χ3v) is 3.41. The summed E-state index contributed by atoms with van der Waals surface area (Å²) in [5.41, 5.74) is 2.81. The van der Waals surface area contributed by atoms with E-state index in [1.165, 1.54) is 12.1 Å². The molecule has 1 aromatic heterocycles. The Morgan fingerprint density at radius 1 is 1.15 bits per heavy atom. The van der Waals surface area contributed by atoms with Gasteiger partial charge in [-0.05, 0) is 49.2 Å². The molecule has 0 radical (unpaired) electrons. The SMILES string of the molecule is C/C=C\c1c(C)ccc2oc3ccc(O)cc3c(=O)c12. The normalized spacial score (nSPS) is 11.7. The van der Waals surface area contributed by atoms with Crippen LogP contribution in [-0.2, 0) is 0 Å². The summed E-state index contributed by atoms with van der Waals surface area (Å²) in [7, 11) is 0. The molecule has 3 heteroatoms. The van der Waals surface area contributed by atoms with Crippen LogP contribution in [0.3, 0.4) is 0 Å². The van der Waals surface area contributed by atoms with Gasteiger partial charge >= 0.3 is 0 Å². The van der Waals surface area contributed by atoms with Crippen LogP contribution >= 0.6 is 0 Å². The topological polar surface area (TPSA) is 50.4 Å². The van der Waals surface area contributed by atoms with Gasteiger partial charge in [-0.3, -0.25) is 4.79 Å². The van der Waals surface area contributed by atoms with E-state index in [9.17, 15) is 9.90 Å². The highest BCUT2D eigenvalue weighted by Crippen LogP contribution is 2.26. The van der Waals surface area contributed by atoms with E-state index in [4.69, 9.17) is 4.42 Å². The van der Waals surface area contributed by atoms with Gasteiger partial charge in [0, 0.05) is 0 Å². The molecule has 0 atom stereocenters. The van der Waals surface area contributed by atoms with Crippen LogP contribution in [0.4, 0.5) is 0 Å². The van der Waals surface area contributed by atoms with Gasteiger partial charge in [0.05, 0.1) is 10.8 Å². The molecule has 0 amide bonds. The fourth-order valence-corrected chi connectivity index (χ4v) is 2.44. The van der Waals surface area contributed by atoms with Gasteiger partial charge in [-0.2, -0.15) is 0 Å². The van der Waals surface area contributed by atoms with Crippen molar-refractivity contribution in [2.45, 2.75) is 13.8 Å². The molecular formula is C17H14O3. The third kappa shape index (κ3) is 1.79. The smallest absolute Gasteiger partial charge is 0.201 e. The van der Waals surface area contributed by atoms with Gasteiger partial charge in [-0.1, -0.05) is 18.2 Å². The molecule has 2 aromatic carbocycles. The summed E-state index contributed by atoms with van der Waals surface area (Å²) in [6, 6.07) is 8.32. The molecule has 1 heterocycles. The highest BCUT2D eigenvalue weighted by molar-refractivity contribution is 5.95. The average Bonchev–Trinajstić information content (AvgIpc) is 2.43. The monoisotopic (exact) mass is 266 g/mol. The van der Waals surface area contributed by atoms with Crippen molar-refractivity contribution >= 4 is 28.0 Å². The number of hydrogen-bond acceptors (Lipinski definition) is 3. The number of aryl methyl sites for hydroxylation is 1. The van der Waals surface area contributed by atoms with Gasteiger partial charge in [0.2, 0.25) is 5.43 Å². The molecule has 3 rings (SSSR count). The molecule has 3 nitrogen and oxygen atoms in total. The van der Waals surface area contributed by atoms with E-state index in [0.717, 1.165) is 11.1 Å². The van der Waals surface area contributed by atoms with Crippen molar-refractivity contribution in [1.29, 1.82) is 0 Å². The zero-order valence-corrected chi connectivity index (χ0v) is 11.3. The Morgan fingerprint density at radius 2 is 1.90 bits per heavy atom. The van der Waals surface area contributed by atoms with E-state index < -0.39 is 0 Å². The van der Waals surface area contributed by atoms with Crippen molar-refractivity contribution in [3.63, 3.8) is 0 Å². The van der Waals surface area contributed by atoms with Gasteiger partial charge in [-0.25, -0.2) is 0 Å². The number of phenols is 1. The maximum atomic E-state index is 12.7. The Kier molecular flexibility index (Phi) is 2.83. The van der Waals surface area contributed by atoms with Crippen molar-refractivity contribution in [3.05, 3.63) is 57.8 Å². The maximum absolute atomic E-state index is 12.7. The average molecular weight is 266 g/mol. The van der Waals surface area contributed by atoms with Crippen molar-refractivity contribution < 1.29 is 9.52 Å². The zero-order chi connectivity index (χ0) is 14.3. The molecule has 1 N–H and O–H groups in total. The summed E-state index contributed by atoms with van der Waals surface area (Å²) in [6.07, 6.45) is 3.80. The first kappa shape index (κ1) is 12.5. The van der Waals surface area contributed by atoms with Crippen LogP contribution in [0.25, 0.3) is 28.0 Å². The minimum Gasteiger partial charge on any atom is -0.508 e. The lowest BCUT2D eigenvalue weighted by Gasteiger charge is -2.07. The van der Waals surface area contributed by atoms with Crippen LogP contribution in [0, 0.1) is 6.92 Å². The number of allylic oxidation sites excluding steroid dienone is 1. The summed E-state index contributed by atoms with van der Waals surface area (Å²) in [6.45, 7) is 3.87. The highest BCUT2D eigenvalue weighted by atomic mass is 16.3. The molecule has 0 aliphatic heterocycles. The summed E-state index contributed by atoms with van der Waals surface area (Å²) in [5, 5.41) is 10.5. The Labute approximate surface area is 115 Å². The Hall–Kier alpha value is -2.55. The molecule has 3 aromatic rings. The van der Waals surface area contributed by atoms with Crippen molar-refractivity contribution in [3.8, 4) is 5.75 Å². The molecule has 0 unspecified atom stereocenters. The van der Waals surface area contributed by atoms with Crippen molar-refractivity contribution in [2.24, 2.45) is 0 Å². The number of aromatic hydroxyl groups is 1. The standard InChI is InChI=1S/C17H14O3/c1-3-4-12-10(2)5-7-15-16(12)17(19)13-9-11(18)6-8-14(13)20-15/h3-9,18H,1-2H3/b4-3-. The molecule has 100 valence electrons. The second kappa shape index (κ2) is 4.53. The molecule has 0 fully saturated rings. The fraction of sp³-hybridized carbons (Fsp3) is 0.118. The Bertz CT molecular complexity index is 901. The summed E-state index contributed by atoms with van der Waals surface area (Å²) >= 11 is 0. The van der Waals surface area contributed by atoms with Crippen LogP contribution < -0.4 is 5.43 Å². The first-order valence-electron chi connectivity index (χ1n) is 6.43. The van der Waals surface area contributed by atoms with Crippen LogP contribution in [0.1, 0.15) is 18.1 Å². The number of phenolic OH excluding ortho intramolecular Hbond substituents is 1. The maximum Gasteiger partial charge on any atom is 0.201 e. The second-order valence-corrected chi connectivity index (χ2v) is 4.78. The zero-order valence-electron chi connectivity index (χ0n) is 11.3. The number of hydrogen-bond donors (Lipinski definition) is 1. The van der Waals surface area contributed by atoms with Gasteiger partial charge < -0.3 is 9.52 Å². The third-order valence-electron chi connectivity index (χ3n) is 3.41. The van der Waals surface area contributed by atoms with Gasteiger partial charge in [-0.15, -0.1) is 0 Å². The molecule has 0 saturated carbocycles. The van der Waals surface area contributed by atoms with E-state index in [1.54, 1.807) is 6.07 Å². The van der Waals surface area contributed by atoms with Crippen LogP contribution in [0.5, 0.6) is 5.75 Å². The van der Waals surface area contributed by atoms with Crippen molar-refractivity contribution in [1.82, 2.24) is 0 Å². The first-order chi connectivity index (χ1) is 9.61. The van der Waals surface area contributed by atoms with Gasteiger partial charge in [0.25, 0.3) is 0 Å². The minimum absolute atomic E-state index is 0.0596. The van der Waals surface area contributed by atoms with E-state index in [1.807, 2.05) is 38.1 Å². The van der Waals surface area contributed by atoms with Crippen LogP contribution in [0.15, 0.2) is 45.6 Å². The number of benzene rings is 2. The first-order valence-corrected chi connectivity index (χ1v) is 6.43. The molecule has 20 heavy (non-hydrogen) atoms. The lowest BCUT2D eigenvalue weighted by Crippen LogP contribution is -2.04. The summed E-state index contributed by atoms with van der Waals surface area (Å²) < 4.78 is 5.78. The Balaban J connectivity index is 2.58. The summed E-state index contributed by atoms with van der Waals surface area (Å²) in [5.74, 6) is 0.0596. The van der Waals surface area contributed by atoms with E-state index in [-0.39, 0.29) is 11.2 Å². The summed E-state index contributed by atoms with van der Waals surface area (Å²) in [4.78, 5) is 12.7. The van der Waals surface area contributed by atoms with Gasteiger partial charge in [0.1, 0.15) is 16.9 Å². The number of fused-ring (bicyclic) bond motifs is 2. The largest absolute Gasteiger partial charge is 0.508 e. The quantitative estimate of drug-likeness (QED) is 0.677. The van der Waals surface area contributed by atoms with E-state index in [2.05, 4.69) is 0 Å². The molecule has 0 saturated heterocycles. The highest BCUT2D eigenvalue weighted by Gasteiger charge is 2.12. The number of rotatable bonds is 1. The molecule has 0 aliphatic carbocycles. The van der Waals surface area contributed by atoms with E-state index >= 15 is 0 Å². The fourth-order valence-electron chi connectivity index (χ4n) is 2.44. The van der Waals surface area contributed by atoms with Crippen molar-refractivity contribution in [2.75, 3.05) is 0 Å². The molecule has 0 aliphatic rings. The minimum atomic E-state index is -0.117. The molecular weight excluding hydrogens is 252 g/mol. The second-order valence-electron chi connectivity index (χ2n) is 4.78. The Morgan fingerprint density at radius 3 is 2.65 bits per heavy atom. The predicted molar refractivity (Wildman–Crippen MR) is 81.1 cm³/mol. The van der Waals surface area contributed by atoms with Gasteiger partial charge in [0.15, 0.2) is 0 Å². The lowest BCUT2D eigenvalue weighted by molar-refractivity contribution is 0.475. The lowest BCUT2D eigenvalue weighted by atomic mass is 10.0. The molecule has 0 spiro atoms.